The lowest BCUT2D eigenvalue weighted by atomic mass is 9.80. The summed E-state index contributed by atoms with van der Waals surface area (Å²) in [5.74, 6) is 1.14. The number of pyridine rings is 1. The number of hydrogen-bond donors (Lipinski definition) is 2. The third kappa shape index (κ3) is 2.44. The van der Waals surface area contributed by atoms with Gasteiger partial charge in [0, 0.05) is 19.3 Å². The van der Waals surface area contributed by atoms with Crippen molar-refractivity contribution < 1.29 is 9.59 Å². The highest BCUT2D eigenvalue weighted by Crippen LogP contribution is 2.48. The fourth-order valence-corrected chi connectivity index (χ4v) is 4.50. The standard InChI is InChI=1S/C18H24N4O2/c19-16(23)18-8-2-5-14(18)10-22(11-18)17(24)21-15-7-6-13(9-20-15)12-3-1-4-12/h6-7,9,12,14H,1-5,8,10-11H2,(H2,19,23)(H,20,21,24)/t14-,18-/m0/s1. The largest absolute Gasteiger partial charge is 0.369 e. The molecule has 6 heteroatoms. The lowest BCUT2D eigenvalue weighted by Crippen LogP contribution is -2.42. The van der Waals surface area contributed by atoms with Gasteiger partial charge >= 0.3 is 6.03 Å². The van der Waals surface area contributed by atoms with Crippen molar-refractivity contribution in [3.8, 4) is 0 Å². The molecular formula is C18H24N4O2. The lowest BCUT2D eigenvalue weighted by molar-refractivity contribution is -0.128. The van der Waals surface area contributed by atoms with E-state index in [2.05, 4.69) is 16.4 Å². The summed E-state index contributed by atoms with van der Waals surface area (Å²) in [6, 6.07) is 3.73. The Morgan fingerprint density at radius 3 is 2.67 bits per heavy atom. The molecule has 1 aromatic heterocycles. The molecule has 0 aromatic carbocycles. The number of anilines is 1. The predicted molar refractivity (Wildman–Crippen MR) is 90.4 cm³/mol. The number of rotatable bonds is 3. The van der Waals surface area contributed by atoms with Gasteiger partial charge in [0.1, 0.15) is 5.82 Å². The van der Waals surface area contributed by atoms with Crippen LogP contribution in [0, 0.1) is 11.3 Å². The third-order valence-corrected chi connectivity index (χ3v) is 6.25. The molecule has 6 nitrogen and oxygen atoms in total. The molecule has 128 valence electrons. The summed E-state index contributed by atoms with van der Waals surface area (Å²) in [6.45, 7) is 1.04. The quantitative estimate of drug-likeness (QED) is 0.893. The zero-order valence-corrected chi connectivity index (χ0v) is 13.8. The van der Waals surface area contributed by atoms with Crippen molar-refractivity contribution >= 4 is 17.8 Å². The number of hydrogen-bond acceptors (Lipinski definition) is 3. The molecule has 2 saturated carbocycles. The van der Waals surface area contributed by atoms with Gasteiger partial charge in [0.2, 0.25) is 5.91 Å². The van der Waals surface area contributed by atoms with E-state index in [4.69, 9.17) is 5.73 Å². The number of nitrogens with two attached hydrogens (primary N) is 1. The average Bonchev–Trinajstić information content (AvgIpc) is 3.05. The number of amides is 3. The fourth-order valence-electron chi connectivity index (χ4n) is 4.50. The molecule has 0 bridgehead atoms. The van der Waals surface area contributed by atoms with Gasteiger partial charge in [0.25, 0.3) is 0 Å². The normalized spacial score (nSPS) is 29.2. The SMILES string of the molecule is NC(=O)[C@]12CCC[C@H]1CN(C(=O)Nc1ccc(C3CCC3)cn1)C2. The summed E-state index contributed by atoms with van der Waals surface area (Å²) in [4.78, 5) is 30.5. The first-order valence-electron chi connectivity index (χ1n) is 8.90. The highest BCUT2D eigenvalue weighted by atomic mass is 16.2. The third-order valence-electron chi connectivity index (χ3n) is 6.25. The number of urea groups is 1. The molecule has 0 spiro atoms. The number of nitrogens with zero attached hydrogens (tertiary/aromatic N) is 2. The second kappa shape index (κ2) is 5.76. The van der Waals surface area contributed by atoms with E-state index in [0.29, 0.717) is 24.8 Å². The maximum Gasteiger partial charge on any atom is 0.323 e. The molecule has 1 aromatic rings. The van der Waals surface area contributed by atoms with Crippen molar-refractivity contribution in [3.63, 3.8) is 0 Å². The van der Waals surface area contributed by atoms with Gasteiger partial charge in [-0.05, 0) is 49.1 Å². The van der Waals surface area contributed by atoms with Gasteiger partial charge in [-0.15, -0.1) is 0 Å². The Kier molecular flexibility index (Phi) is 3.70. The number of carbonyl (C=O) groups excluding carboxylic acids is 2. The Morgan fingerprint density at radius 1 is 1.25 bits per heavy atom. The van der Waals surface area contributed by atoms with E-state index in [0.717, 1.165) is 19.3 Å². The molecule has 24 heavy (non-hydrogen) atoms. The summed E-state index contributed by atoms with van der Waals surface area (Å²) < 4.78 is 0. The Morgan fingerprint density at radius 2 is 2.08 bits per heavy atom. The molecule has 1 saturated heterocycles. The van der Waals surface area contributed by atoms with Crippen molar-refractivity contribution in [2.75, 3.05) is 18.4 Å². The first-order valence-corrected chi connectivity index (χ1v) is 8.90. The van der Waals surface area contributed by atoms with E-state index in [1.807, 2.05) is 12.3 Å². The van der Waals surface area contributed by atoms with Crippen LogP contribution in [0.3, 0.4) is 0 Å². The summed E-state index contributed by atoms with van der Waals surface area (Å²) in [5, 5.41) is 2.86. The number of carbonyl (C=O) groups is 2. The maximum atomic E-state index is 12.5. The molecule has 1 aliphatic heterocycles. The molecule has 3 N–H and O–H groups in total. The zero-order valence-electron chi connectivity index (χ0n) is 13.8. The second-order valence-electron chi connectivity index (χ2n) is 7.52. The topological polar surface area (TPSA) is 88.3 Å². The average molecular weight is 328 g/mol. The molecule has 3 fully saturated rings. The van der Waals surface area contributed by atoms with Crippen LogP contribution in [0.15, 0.2) is 18.3 Å². The highest BCUT2D eigenvalue weighted by Gasteiger charge is 2.54. The smallest absolute Gasteiger partial charge is 0.323 e. The van der Waals surface area contributed by atoms with Crippen molar-refractivity contribution in [1.29, 1.82) is 0 Å². The summed E-state index contributed by atoms with van der Waals surface area (Å²) in [6.07, 6.45) is 8.42. The van der Waals surface area contributed by atoms with E-state index in [1.165, 1.54) is 24.8 Å². The molecule has 3 aliphatic rings. The van der Waals surface area contributed by atoms with Gasteiger partial charge in [0.15, 0.2) is 0 Å². The number of aromatic nitrogens is 1. The van der Waals surface area contributed by atoms with E-state index in [9.17, 15) is 9.59 Å². The molecular weight excluding hydrogens is 304 g/mol. The van der Waals surface area contributed by atoms with Crippen LogP contribution in [0.4, 0.5) is 10.6 Å². The monoisotopic (exact) mass is 328 g/mol. The minimum Gasteiger partial charge on any atom is -0.369 e. The van der Waals surface area contributed by atoms with Gasteiger partial charge in [0.05, 0.1) is 5.41 Å². The minimum absolute atomic E-state index is 0.186. The first kappa shape index (κ1) is 15.4. The van der Waals surface area contributed by atoms with Crippen molar-refractivity contribution in [2.45, 2.75) is 44.4 Å². The molecule has 2 atom stereocenters. The summed E-state index contributed by atoms with van der Waals surface area (Å²) in [5.41, 5.74) is 6.38. The summed E-state index contributed by atoms with van der Waals surface area (Å²) >= 11 is 0. The van der Waals surface area contributed by atoms with Crippen LogP contribution in [0.2, 0.25) is 0 Å². The summed E-state index contributed by atoms with van der Waals surface area (Å²) in [7, 11) is 0. The number of likely N-dealkylation sites (tertiary alicyclic amines) is 1. The number of primary amides is 1. The maximum absolute atomic E-state index is 12.5. The van der Waals surface area contributed by atoms with E-state index < -0.39 is 5.41 Å². The zero-order chi connectivity index (χ0) is 16.7. The van der Waals surface area contributed by atoms with Crippen LogP contribution in [-0.2, 0) is 4.79 Å². The van der Waals surface area contributed by atoms with Gasteiger partial charge in [-0.1, -0.05) is 18.9 Å². The van der Waals surface area contributed by atoms with Crippen molar-refractivity contribution in [2.24, 2.45) is 17.1 Å². The van der Waals surface area contributed by atoms with E-state index >= 15 is 0 Å². The van der Waals surface area contributed by atoms with Crippen LogP contribution >= 0.6 is 0 Å². The van der Waals surface area contributed by atoms with Crippen LogP contribution in [0.5, 0.6) is 0 Å². The highest BCUT2D eigenvalue weighted by molar-refractivity contribution is 5.90. The number of nitrogens with one attached hydrogen (secondary N) is 1. The van der Waals surface area contributed by atoms with Gasteiger partial charge in [-0.2, -0.15) is 0 Å². The van der Waals surface area contributed by atoms with Gasteiger partial charge < -0.3 is 10.6 Å². The molecule has 0 radical (unpaired) electrons. The van der Waals surface area contributed by atoms with Crippen LogP contribution in [-0.4, -0.2) is 34.9 Å². The van der Waals surface area contributed by atoms with Gasteiger partial charge in [-0.25, -0.2) is 9.78 Å². The Hall–Kier alpha value is -2.11. The molecule has 4 rings (SSSR count). The molecule has 2 aliphatic carbocycles. The van der Waals surface area contributed by atoms with E-state index in [1.54, 1.807) is 4.90 Å². The van der Waals surface area contributed by atoms with Crippen molar-refractivity contribution in [3.05, 3.63) is 23.9 Å². The van der Waals surface area contributed by atoms with E-state index in [-0.39, 0.29) is 17.9 Å². The first-order chi connectivity index (χ1) is 11.6. The molecule has 3 amide bonds. The van der Waals surface area contributed by atoms with Gasteiger partial charge in [-0.3, -0.25) is 10.1 Å². The van der Waals surface area contributed by atoms with Crippen LogP contribution in [0.25, 0.3) is 0 Å². The Labute approximate surface area is 141 Å². The van der Waals surface area contributed by atoms with Crippen LogP contribution < -0.4 is 11.1 Å². The Bertz CT molecular complexity index is 655. The van der Waals surface area contributed by atoms with Crippen LogP contribution in [0.1, 0.15) is 50.0 Å². The molecule has 0 unspecified atom stereocenters. The van der Waals surface area contributed by atoms with Crippen molar-refractivity contribution in [1.82, 2.24) is 9.88 Å². The fraction of sp³-hybridized carbons (Fsp3) is 0.611. The predicted octanol–water partition coefficient (Wildman–Crippen LogP) is 2.47. The Balaban J connectivity index is 1.41. The second-order valence-corrected chi connectivity index (χ2v) is 7.52. The lowest BCUT2D eigenvalue weighted by Gasteiger charge is -2.25. The number of fused-ring (bicyclic) bond motifs is 1. The minimum atomic E-state index is -0.515. The molecule has 2 heterocycles.